The fraction of sp³-hybridized carbons (Fsp3) is 0.619. The van der Waals surface area contributed by atoms with Gasteiger partial charge in [0.05, 0.1) is 19.1 Å². The van der Waals surface area contributed by atoms with E-state index < -0.39 is 0 Å². The lowest BCUT2D eigenvalue weighted by Gasteiger charge is -2.31. The second-order valence-electron chi connectivity index (χ2n) is 6.94. The van der Waals surface area contributed by atoms with Gasteiger partial charge in [0.1, 0.15) is 0 Å². The maximum atomic E-state index is 13.0. The van der Waals surface area contributed by atoms with Gasteiger partial charge in [0.2, 0.25) is 5.91 Å². The largest absolute Gasteiger partial charge is 0.466 e. The fourth-order valence-electron chi connectivity index (χ4n) is 3.65. The Kier molecular flexibility index (Phi) is 7.96. The van der Waals surface area contributed by atoms with E-state index in [4.69, 9.17) is 4.74 Å². The Labute approximate surface area is 151 Å². The van der Waals surface area contributed by atoms with Gasteiger partial charge >= 0.3 is 5.97 Å². The van der Waals surface area contributed by atoms with Crippen molar-refractivity contribution in [3.63, 3.8) is 0 Å². The molecule has 0 heterocycles. The van der Waals surface area contributed by atoms with Gasteiger partial charge in [-0.1, -0.05) is 49.6 Å². The number of esters is 1. The molecule has 1 unspecified atom stereocenters. The minimum atomic E-state index is -0.238. The molecule has 1 aliphatic rings. The molecule has 138 valence electrons. The fourth-order valence-corrected chi connectivity index (χ4v) is 3.65. The van der Waals surface area contributed by atoms with Crippen LogP contribution in [0.25, 0.3) is 0 Å². The lowest BCUT2D eigenvalue weighted by molar-refractivity contribution is -0.144. The minimum absolute atomic E-state index is 0.0354. The van der Waals surface area contributed by atoms with E-state index in [1.54, 1.807) is 6.92 Å². The molecule has 0 radical (unpaired) electrons. The number of carbonyl (C=O) groups is 2. The van der Waals surface area contributed by atoms with Gasteiger partial charge in [-0.05, 0) is 38.2 Å². The molecule has 1 fully saturated rings. The van der Waals surface area contributed by atoms with Gasteiger partial charge in [0, 0.05) is 13.0 Å². The Morgan fingerprint density at radius 2 is 1.84 bits per heavy atom. The molecule has 1 saturated carbocycles. The first-order valence-electron chi connectivity index (χ1n) is 9.61. The predicted molar refractivity (Wildman–Crippen MR) is 99.0 cm³/mol. The number of ether oxygens (including phenoxy) is 1. The molecule has 0 saturated heterocycles. The Bertz CT molecular complexity index is 537. The predicted octanol–water partition coefficient (Wildman–Crippen LogP) is 4.50. The molecule has 1 atom stereocenters. The van der Waals surface area contributed by atoms with Crippen molar-refractivity contribution >= 4 is 11.9 Å². The van der Waals surface area contributed by atoms with Crippen molar-refractivity contribution in [2.24, 2.45) is 5.92 Å². The Morgan fingerprint density at radius 3 is 2.48 bits per heavy atom. The smallest absolute Gasteiger partial charge is 0.307 e. The van der Waals surface area contributed by atoms with Crippen LogP contribution in [0.5, 0.6) is 0 Å². The van der Waals surface area contributed by atoms with Crippen LogP contribution in [0.2, 0.25) is 0 Å². The summed E-state index contributed by atoms with van der Waals surface area (Å²) in [6, 6.07) is 9.99. The zero-order valence-electron chi connectivity index (χ0n) is 15.6. The first kappa shape index (κ1) is 19.5. The summed E-state index contributed by atoms with van der Waals surface area (Å²) < 4.78 is 5.03. The van der Waals surface area contributed by atoms with Crippen LogP contribution in [0.15, 0.2) is 30.3 Å². The van der Waals surface area contributed by atoms with Gasteiger partial charge in [0.25, 0.3) is 0 Å². The highest BCUT2D eigenvalue weighted by Gasteiger charge is 2.25. The van der Waals surface area contributed by atoms with E-state index in [1.165, 1.54) is 19.3 Å². The molecule has 0 N–H and O–H groups in total. The topological polar surface area (TPSA) is 46.6 Å². The minimum Gasteiger partial charge on any atom is -0.466 e. The molecule has 0 bridgehead atoms. The molecule has 2 rings (SSSR count). The Hall–Kier alpha value is -1.84. The number of amides is 1. The van der Waals surface area contributed by atoms with Gasteiger partial charge in [-0.25, -0.2) is 0 Å². The lowest BCUT2D eigenvalue weighted by Crippen LogP contribution is -2.36. The summed E-state index contributed by atoms with van der Waals surface area (Å²) in [4.78, 5) is 26.6. The molecule has 1 amide bonds. The zero-order valence-corrected chi connectivity index (χ0v) is 15.6. The van der Waals surface area contributed by atoms with E-state index in [1.807, 2.05) is 42.2 Å². The molecule has 1 aromatic rings. The van der Waals surface area contributed by atoms with Crippen LogP contribution >= 0.6 is 0 Å². The third kappa shape index (κ3) is 6.18. The van der Waals surface area contributed by atoms with Crippen molar-refractivity contribution in [3.05, 3.63) is 35.9 Å². The third-order valence-corrected chi connectivity index (χ3v) is 5.12. The summed E-state index contributed by atoms with van der Waals surface area (Å²) in [5, 5.41) is 0. The number of benzene rings is 1. The zero-order chi connectivity index (χ0) is 18.1. The van der Waals surface area contributed by atoms with Crippen molar-refractivity contribution in [3.8, 4) is 0 Å². The molecule has 25 heavy (non-hydrogen) atoms. The molecular formula is C21H31NO3. The van der Waals surface area contributed by atoms with Crippen molar-refractivity contribution < 1.29 is 14.3 Å². The highest BCUT2D eigenvalue weighted by atomic mass is 16.5. The normalized spacial score (nSPS) is 16.2. The number of carbonyl (C=O) groups excluding carboxylic acids is 2. The quantitative estimate of drug-likeness (QED) is 0.652. The number of rotatable bonds is 8. The summed E-state index contributed by atoms with van der Waals surface area (Å²) in [7, 11) is 0. The highest BCUT2D eigenvalue weighted by Crippen LogP contribution is 2.29. The second-order valence-corrected chi connectivity index (χ2v) is 6.94. The first-order valence-corrected chi connectivity index (χ1v) is 9.61. The Morgan fingerprint density at radius 1 is 1.16 bits per heavy atom. The van der Waals surface area contributed by atoms with E-state index in [0.717, 1.165) is 18.4 Å². The molecule has 1 aromatic carbocycles. The maximum Gasteiger partial charge on any atom is 0.307 e. The van der Waals surface area contributed by atoms with E-state index in [2.05, 4.69) is 0 Å². The van der Waals surface area contributed by atoms with E-state index in [9.17, 15) is 9.59 Å². The summed E-state index contributed by atoms with van der Waals surface area (Å²) in [5.41, 5.74) is 1.10. The lowest BCUT2D eigenvalue weighted by atomic mass is 9.86. The van der Waals surface area contributed by atoms with E-state index in [0.29, 0.717) is 25.5 Å². The molecular weight excluding hydrogens is 314 g/mol. The van der Waals surface area contributed by atoms with Crippen LogP contribution in [0.4, 0.5) is 0 Å². The maximum absolute atomic E-state index is 13.0. The molecule has 4 nitrogen and oxygen atoms in total. The van der Waals surface area contributed by atoms with Crippen LogP contribution < -0.4 is 0 Å². The van der Waals surface area contributed by atoms with E-state index in [-0.39, 0.29) is 24.3 Å². The molecule has 1 aliphatic carbocycles. The average molecular weight is 345 g/mol. The van der Waals surface area contributed by atoms with Gasteiger partial charge in [-0.15, -0.1) is 0 Å². The highest BCUT2D eigenvalue weighted by molar-refractivity contribution is 5.78. The second kappa shape index (κ2) is 10.2. The summed E-state index contributed by atoms with van der Waals surface area (Å²) >= 11 is 0. The van der Waals surface area contributed by atoms with Crippen LogP contribution in [-0.4, -0.2) is 29.9 Å². The van der Waals surface area contributed by atoms with Gasteiger partial charge in [-0.3, -0.25) is 9.59 Å². The molecule has 0 aromatic heterocycles. The first-order chi connectivity index (χ1) is 12.1. The molecule has 0 aliphatic heterocycles. The summed E-state index contributed by atoms with van der Waals surface area (Å²) in [6.45, 7) is 4.64. The molecule has 4 heteroatoms. The van der Waals surface area contributed by atoms with Gasteiger partial charge in [-0.2, -0.15) is 0 Å². The van der Waals surface area contributed by atoms with Crippen LogP contribution in [0.3, 0.4) is 0 Å². The van der Waals surface area contributed by atoms with Gasteiger partial charge in [0.15, 0.2) is 0 Å². The van der Waals surface area contributed by atoms with Crippen LogP contribution in [-0.2, 0) is 14.3 Å². The van der Waals surface area contributed by atoms with Crippen molar-refractivity contribution in [2.75, 3.05) is 13.2 Å². The monoisotopic (exact) mass is 345 g/mol. The standard InChI is InChI=1S/C21H31NO3/c1-3-25-21(24)14-15-22(17(2)19-12-8-5-9-13-19)20(23)16-18-10-6-4-7-11-18/h5,8-9,12-13,17-18H,3-4,6-7,10-11,14-16H2,1-2H3. The van der Waals surface area contributed by atoms with E-state index >= 15 is 0 Å². The van der Waals surface area contributed by atoms with Crippen molar-refractivity contribution in [1.82, 2.24) is 4.90 Å². The summed E-state index contributed by atoms with van der Waals surface area (Å²) in [5.74, 6) is 0.417. The summed E-state index contributed by atoms with van der Waals surface area (Å²) in [6.07, 6.45) is 6.90. The van der Waals surface area contributed by atoms with Crippen molar-refractivity contribution in [2.45, 2.75) is 64.8 Å². The number of nitrogens with zero attached hydrogens (tertiary/aromatic N) is 1. The SMILES string of the molecule is CCOC(=O)CCN(C(=O)CC1CCCCC1)C(C)c1ccccc1. The van der Waals surface area contributed by atoms with Crippen LogP contribution in [0.1, 0.15) is 70.4 Å². The Balaban J connectivity index is 2.04. The average Bonchev–Trinajstić information content (AvgIpc) is 2.63. The number of hydrogen-bond donors (Lipinski definition) is 0. The third-order valence-electron chi connectivity index (χ3n) is 5.12. The molecule has 0 spiro atoms. The van der Waals surface area contributed by atoms with Gasteiger partial charge < -0.3 is 9.64 Å². The van der Waals surface area contributed by atoms with Crippen molar-refractivity contribution in [1.29, 1.82) is 0 Å². The van der Waals surface area contributed by atoms with Crippen LogP contribution in [0, 0.1) is 5.92 Å². The number of hydrogen-bond acceptors (Lipinski definition) is 3.